The molecule has 4 aromatic rings. The molecule has 0 saturated heterocycles. The maximum absolute atomic E-state index is 4.60. The molecule has 0 fully saturated rings. The summed E-state index contributed by atoms with van der Waals surface area (Å²) in [5, 5.41) is 12.9. The van der Waals surface area contributed by atoms with Gasteiger partial charge in [-0.25, -0.2) is 10.0 Å². The zero-order chi connectivity index (χ0) is 19.0. The van der Waals surface area contributed by atoms with E-state index in [1.807, 2.05) is 131 Å². The highest BCUT2D eigenvalue weighted by molar-refractivity contribution is 5.63. The van der Waals surface area contributed by atoms with Crippen LogP contribution in [0.15, 0.2) is 132 Å². The number of anilines is 4. The van der Waals surface area contributed by atoms with Crippen molar-refractivity contribution in [1.82, 2.24) is 0 Å². The van der Waals surface area contributed by atoms with Crippen LogP contribution in [-0.4, -0.2) is 0 Å². The summed E-state index contributed by atoms with van der Waals surface area (Å²) >= 11 is 0. The van der Waals surface area contributed by atoms with Crippen molar-refractivity contribution in [2.24, 2.45) is 10.4 Å². The molecule has 0 aliphatic heterocycles. The monoisotopic (exact) mass is 364 g/mol. The molecule has 0 saturated carbocycles. The first kappa shape index (κ1) is 17.5. The van der Waals surface area contributed by atoms with E-state index < -0.39 is 0 Å². The Hall–Kier alpha value is -3.92. The highest BCUT2D eigenvalue weighted by Crippen LogP contribution is 2.29. The molecule has 0 heterocycles. The normalized spacial score (nSPS) is 10.7. The van der Waals surface area contributed by atoms with Crippen LogP contribution in [0.25, 0.3) is 0 Å². The lowest BCUT2D eigenvalue weighted by atomic mass is 10.2. The molecule has 0 bridgehead atoms. The van der Waals surface area contributed by atoms with Crippen molar-refractivity contribution in [3.8, 4) is 0 Å². The van der Waals surface area contributed by atoms with Gasteiger partial charge in [0.15, 0.2) is 0 Å². The first-order chi connectivity index (χ1) is 13.9. The minimum absolute atomic E-state index is 0.943. The summed E-state index contributed by atoms with van der Waals surface area (Å²) in [7, 11) is 0. The molecular formula is C24H20N4. The second-order valence-corrected chi connectivity index (χ2v) is 6.14. The lowest BCUT2D eigenvalue weighted by molar-refractivity contribution is 0.870. The summed E-state index contributed by atoms with van der Waals surface area (Å²) in [6, 6.07) is 40.0. The maximum atomic E-state index is 4.60. The Morgan fingerprint density at radius 1 is 0.321 bits per heavy atom. The molecule has 0 atom stereocenters. The summed E-state index contributed by atoms with van der Waals surface area (Å²) in [5.74, 6) is 0. The van der Waals surface area contributed by atoms with Gasteiger partial charge in [-0.1, -0.05) is 72.8 Å². The summed E-state index contributed by atoms with van der Waals surface area (Å²) in [6.45, 7) is 0. The fourth-order valence-corrected chi connectivity index (χ4v) is 2.86. The predicted octanol–water partition coefficient (Wildman–Crippen LogP) is 6.95. The Labute approximate surface area is 165 Å². The van der Waals surface area contributed by atoms with Gasteiger partial charge in [0.2, 0.25) is 0 Å². The number of hydrogen-bond acceptors (Lipinski definition) is 2. The van der Waals surface area contributed by atoms with Gasteiger partial charge in [0.05, 0.1) is 22.7 Å². The zero-order valence-electron chi connectivity index (χ0n) is 15.3. The van der Waals surface area contributed by atoms with E-state index in [2.05, 4.69) is 10.4 Å². The largest absolute Gasteiger partial charge is 0.214 e. The highest BCUT2D eigenvalue weighted by Gasteiger charge is 2.11. The zero-order valence-corrected chi connectivity index (χ0v) is 15.3. The third-order valence-corrected chi connectivity index (χ3v) is 4.22. The quantitative estimate of drug-likeness (QED) is 0.274. The van der Waals surface area contributed by atoms with Gasteiger partial charge in [-0.3, -0.25) is 0 Å². The second-order valence-electron chi connectivity index (χ2n) is 6.14. The van der Waals surface area contributed by atoms with Crippen molar-refractivity contribution >= 4 is 22.7 Å². The molecule has 28 heavy (non-hydrogen) atoms. The number of para-hydroxylation sites is 4. The molecular weight excluding hydrogens is 344 g/mol. The molecule has 4 nitrogen and oxygen atoms in total. The molecule has 0 unspecified atom stereocenters. The molecule has 4 rings (SSSR count). The standard InChI is InChI=1S/C24H20N4/c1-5-13-21(14-6-1)27(22-15-7-2-8-16-22)25-26-28(23-17-9-3-10-18-23)24-19-11-4-12-20-24/h1-20H. The van der Waals surface area contributed by atoms with Gasteiger partial charge >= 0.3 is 0 Å². The van der Waals surface area contributed by atoms with Gasteiger partial charge in [0.25, 0.3) is 0 Å². The van der Waals surface area contributed by atoms with Crippen LogP contribution in [-0.2, 0) is 0 Å². The first-order valence-electron chi connectivity index (χ1n) is 9.14. The van der Waals surface area contributed by atoms with Gasteiger partial charge < -0.3 is 0 Å². The molecule has 0 spiro atoms. The molecule has 136 valence electrons. The predicted molar refractivity (Wildman–Crippen MR) is 115 cm³/mol. The Morgan fingerprint density at radius 3 is 0.750 bits per heavy atom. The van der Waals surface area contributed by atoms with Crippen LogP contribution in [0.1, 0.15) is 0 Å². The fraction of sp³-hybridized carbons (Fsp3) is 0. The smallest absolute Gasteiger partial charge is 0.0670 e. The molecule has 0 N–H and O–H groups in total. The SMILES string of the molecule is c1ccc(N(N=NN(c2ccccc2)c2ccccc2)c2ccccc2)cc1. The fourth-order valence-electron chi connectivity index (χ4n) is 2.86. The van der Waals surface area contributed by atoms with Gasteiger partial charge in [-0.15, -0.1) is 0 Å². The van der Waals surface area contributed by atoms with Crippen molar-refractivity contribution in [1.29, 1.82) is 0 Å². The number of benzene rings is 4. The molecule has 0 aliphatic carbocycles. The molecule has 4 heteroatoms. The minimum atomic E-state index is 0.943. The number of rotatable bonds is 6. The van der Waals surface area contributed by atoms with E-state index in [9.17, 15) is 0 Å². The van der Waals surface area contributed by atoms with Gasteiger partial charge in [-0.05, 0) is 59.0 Å². The lowest BCUT2D eigenvalue weighted by Gasteiger charge is -2.21. The number of hydrogen-bond donors (Lipinski definition) is 0. The van der Waals surface area contributed by atoms with Gasteiger partial charge in [-0.2, -0.15) is 0 Å². The first-order valence-corrected chi connectivity index (χ1v) is 9.14. The van der Waals surface area contributed by atoms with Crippen LogP contribution in [0.2, 0.25) is 0 Å². The Bertz CT molecular complexity index is 839. The summed E-state index contributed by atoms with van der Waals surface area (Å²) < 4.78 is 0. The average molecular weight is 364 g/mol. The van der Waals surface area contributed by atoms with Crippen LogP contribution in [0.5, 0.6) is 0 Å². The molecule has 0 radical (unpaired) electrons. The van der Waals surface area contributed by atoms with Crippen LogP contribution in [0.3, 0.4) is 0 Å². The van der Waals surface area contributed by atoms with Crippen molar-refractivity contribution < 1.29 is 0 Å². The topological polar surface area (TPSA) is 31.2 Å². The third kappa shape index (κ3) is 4.07. The van der Waals surface area contributed by atoms with Crippen molar-refractivity contribution in [3.63, 3.8) is 0 Å². The number of nitrogens with zero attached hydrogens (tertiary/aromatic N) is 4. The van der Waals surface area contributed by atoms with E-state index in [-0.39, 0.29) is 0 Å². The Balaban J connectivity index is 1.75. The van der Waals surface area contributed by atoms with E-state index in [4.69, 9.17) is 0 Å². The van der Waals surface area contributed by atoms with E-state index in [0.29, 0.717) is 0 Å². The highest BCUT2D eigenvalue weighted by atomic mass is 15.7. The van der Waals surface area contributed by atoms with E-state index >= 15 is 0 Å². The summed E-state index contributed by atoms with van der Waals surface area (Å²) in [6.07, 6.45) is 0. The van der Waals surface area contributed by atoms with Crippen LogP contribution >= 0.6 is 0 Å². The third-order valence-electron chi connectivity index (χ3n) is 4.22. The average Bonchev–Trinajstić information content (AvgIpc) is 2.79. The van der Waals surface area contributed by atoms with Gasteiger partial charge in [0.1, 0.15) is 0 Å². The van der Waals surface area contributed by atoms with Gasteiger partial charge in [0, 0.05) is 0 Å². The van der Waals surface area contributed by atoms with Crippen molar-refractivity contribution in [3.05, 3.63) is 121 Å². The summed E-state index contributed by atoms with van der Waals surface area (Å²) in [4.78, 5) is 0. The van der Waals surface area contributed by atoms with E-state index in [1.165, 1.54) is 0 Å². The Kier molecular flexibility index (Phi) is 5.40. The van der Waals surface area contributed by atoms with E-state index in [0.717, 1.165) is 22.7 Å². The molecule has 4 aromatic carbocycles. The van der Waals surface area contributed by atoms with Crippen molar-refractivity contribution in [2.45, 2.75) is 0 Å². The summed E-state index contributed by atoms with van der Waals surface area (Å²) in [5.41, 5.74) is 3.77. The Morgan fingerprint density at radius 2 is 0.536 bits per heavy atom. The van der Waals surface area contributed by atoms with Crippen LogP contribution < -0.4 is 10.0 Å². The lowest BCUT2D eigenvalue weighted by Crippen LogP contribution is -2.13. The molecule has 0 aliphatic rings. The van der Waals surface area contributed by atoms with Crippen LogP contribution in [0, 0.1) is 0 Å². The van der Waals surface area contributed by atoms with E-state index in [1.54, 1.807) is 0 Å². The van der Waals surface area contributed by atoms with Crippen molar-refractivity contribution in [2.75, 3.05) is 10.0 Å². The second kappa shape index (κ2) is 8.64. The maximum Gasteiger partial charge on any atom is 0.0670 e. The minimum Gasteiger partial charge on any atom is -0.214 e. The molecule has 0 amide bonds. The van der Waals surface area contributed by atoms with Crippen LogP contribution in [0.4, 0.5) is 22.7 Å². The molecule has 0 aromatic heterocycles.